The van der Waals surface area contributed by atoms with Gasteiger partial charge < -0.3 is 20.0 Å². The molecule has 0 aliphatic heterocycles. The summed E-state index contributed by atoms with van der Waals surface area (Å²) in [6.45, 7) is 5.57. The molecule has 0 aliphatic carbocycles. The number of benzene rings is 2. The van der Waals surface area contributed by atoms with Crippen molar-refractivity contribution in [2.75, 3.05) is 24.2 Å². The van der Waals surface area contributed by atoms with Crippen molar-refractivity contribution < 1.29 is 14.0 Å². The summed E-state index contributed by atoms with van der Waals surface area (Å²) in [5.41, 5.74) is 0.449. The number of thiophene rings is 1. The molecule has 0 fully saturated rings. The van der Waals surface area contributed by atoms with Crippen LogP contribution in [0.5, 0.6) is 0 Å². The fourth-order valence-electron chi connectivity index (χ4n) is 4.58. The van der Waals surface area contributed by atoms with Gasteiger partial charge in [-0.1, -0.05) is 35.9 Å². The number of aromatic nitrogens is 2. The lowest BCUT2D eigenvalue weighted by Gasteiger charge is -2.30. The predicted molar refractivity (Wildman–Crippen MR) is 163 cm³/mol. The van der Waals surface area contributed by atoms with Crippen LogP contribution >= 0.6 is 22.9 Å². The van der Waals surface area contributed by atoms with Crippen molar-refractivity contribution >= 4 is 67.4 Å². The van der Waals surface area contributed by atoms with E-state index in [0.717, 1.165) is 15.8 Å². The molecule has 11 heteroatoms. The molecule has 9 nitrogen and oxygen atoms in total. The summed E-state index contributed by atoms with van der Waals surface area (Å²) < 4.78 is 6.39. The second-order valence-electron chi connectivity index (χ2n) is 10.2. The van der Waals surface area contributed by atoms with E-state index in [9.17, 15) is 14.4 Å². The van der Waals surface area contributed by atoms with Crippen LogP contribution in [0.4, 0.5) is 11.7 Å². The van der Waals surface area contributed by atoms with Gasteiger partial charge in [-0.2, -0.15) is 4.98 Å². The van der Waals surface area contributed by atoms with Gasteiger partial charge in [-0.05, 0) is 56.7 Å². The molecule has 0 aliphatic rings. The first-order valence-electron chi connectivity index (χ1n) is 12.9. The number of pyridine rings is 1. The largest absolute Gasteiger partial charge is 0.389 e. The lowest BCUT2D eigenvalue weighted by atomic mass is 10.0. The van der Waals surface area contributed by atoms with Crippen molar-refractivity contribution in [2.45, 2.75) is 32.7 Å². The smallest absolute Gasteiger partial charge is 0.348 e. The number of aryl methyl sites for hydroxylation is 1. The number of amides is 2. The number of fused-ring (bicyclic) bond motifs is 2. The van der Waals surface area contributed by atoms with Crippen molar-refractivity contribution in [1.29, 1.82) is 0 Å². The molecule has 2 N–H and O–H groups in total. The predicted octanol–water partition coefficient (Wildman–Crippen LogP) is 5.90. The number of nitrogens with one attached hydrogen (secondary N) is 2. The van der Waals surface area contributed by atoms with Crippen molar-refractivity contribution in [1.82, 2.24) is 14.9 Å². The third-order valence-electron chi connectivity index (χ3n) is 6.78. The fraction of sp³-hybridized carbons (Fsp3) is 0.233. The van der Waals surface area contributed by atoms with E-state index in [4.69, 9.17) is 16.0 Å². The Morgan fingerprint density at radius 2 is 1.85 bits per heavy atom. The molecule has 2 aromatic carbocycles. The van der Waals surface area contributed by atoms with Crippen LogP contribution in [0.25, 0.3) is 21.0 Å². The van der Waals surface area contributed by atoms with Crippen LogP contribution < -0.4 is 16.3 Å². The highest BCUT2D eigenvalue weighted by Crippen LogP contribution is 2.36. The van der Waals surface area contributed by atoms with Gasteiger partial charge in [0, 0.05) is 47.7 Å². The molecule has 5 aromatic rings. The van der Waals surface area contributed by atoms with Gasteiger partial charge in [-0.15, -0.1) is 11.3 Å². The van der Waals surface area contributed by atoms with E-state index in [1.54, 1.807) is 51.0 Å². The van der Waals surface area contributed by atoms with Crippen LogP contribution in [-0.2, 0) is 11.2 Å². The van der Waals surface area contributed by atoms with Gasteiger partial charge in [0.25, 0.3) is 11.9 Å². The van der Waals surface area contributed by atoms with E-state index in [1.807, 2.05) is 42.5 Å². The van der Waals surface area contributed by atoms with Gasteiger partial charge in [0.05, 0.1) is 15.9 Å². The van der Waals surface area contributed by atoms with Crippen LogP contribution in [0, 0.1) is 6.92 Å². The molecule has 0 saturated heterocycles. The Labute approximate surface area is 245 Å². The highest BCUT2D eigenvalue weighted by Gasteiger charge is 2.32. The Morgan fingerprint density at radius 1 is 1.10 bits per heavy atom. The average Bonchev–Trinajstić information content (AvgIpc) is 3.29. The molecular weight excluding hydrogens is 562 g/mol. The van der Waals surface area contributed by atoms with E-state index < -0.39 is 11.2 Å². The SMILES string of the molecule is Cc1c(NC(=O)c2sc3ccccc3c2Cl)ccc2nc(NC(C)(C)C(=O)N(C)CCc3ccccn3)oc(=O)c12. The zero-order valence-corrected chi connectivity index (χ0v) is 24.5. The average molecular weight is 590 g/mol. The zero-order chi connectivity index (χ0) is 29.3. The summed E-state index contributed by atoms with van der Waals surface area (Å²) in [5, 5.41) is 7.26. The van der Waals surface area contributed by atoms with Crippen LogP contribution in [-0.4, -0.2) is 45.8 Å². The molecule has 5 rings (SSSR count). The lowest BCUT2D eigenvalue weighted by molar-refractivity contribution is -0.133. The highest BCUT2D eigenvalue weighted by atomic mass is 35.5. The second-order valence-corrected chi connectivity index (χ2v) is 11.6. The maximum absolute atomic E-state index is 13.2. The molecule has 0 saturated carbocycles. The minimum absolute atomic E-state index is 0.0766. The van der Waals surface area contributed by atoms with E-state index in [1.165, 1.54) is 11.3 Å². The Balaban J connectivity index is 1.33. The van der Waals surface area contributed by atoms with Crippen LogP contribution in [0.15, 0.2) is 70.0 Å². The van der Waals surface area contributed by atoms with Crippen molar-refractivity contribution in [3.8, 4) is 0 Å². The Morgan fingerprint density at radius 3 is 2.59 bits per heavy atom. The standard InChI is InChI=1S/C30H28ClN5O4S/c1-17-20(33-26(37)25-24(31)19-10-5-6-11-22(19)41-25)12-13-21-23(17)27(38)40-29(34-21)35-30(2,3)28(39)36(4)16-14-18-9-7-8-15-32-18/h5-13,15H,14,16H2,1-4H3,(H,33,37)(H,34,35). The number of rotatable bonds is 8. The van der Waals surface area contributed by atoms with Crippen molar-refractivity contribution in [3.05, 3.63) is 92.4 Å². The molecule has 0 radical (unpaired) electrons. The Bertz CT molecular complexity index is 1830. The second kappa shape index (κ2) is 11.3. The van der Waals surface area contributed by atoms with E-state index in [-0.39, 0.29) is 23.2 Å². The molecule has 0 atom stereocenters. The van der Waals surface area contributed by atoms with Gasteiger partial charge in [-0.25, -0.2) is 4.79 Å². The van der Waals surface area contributed by atoms with Gasteiger partial charge in [0.1, 0.15) is 10.4 Å². The van der Waals surface area contributed by atoms with E-state index >= 15 is 0 Å². The first kappa shape index (κ1) is 28.3. The summed E-state index contributed by atoms with van der Waals surface area (Å²) in [6, 6.07) is 16.4. The number of carbonyl (C=O) groups excluding carboxylic acids is 2. The molecule has 3 heterocycles. The van der Waals surface area contributed by atoms with Crippen LogP contribution in [0.3, 0.4) is 0 Å². The summed E-state index contributed by atoms with van der Waals surface area (Å²) in [7, 11) is 1.71. The van der Waals surface area contributed by atoms with Crippen LogP contribution in [0.1, 0.15) is 34.8 Å². The summed E-state index contributed by atoms with van der Waals surface area (Å²) in [5.74, 6) is -0.575. The minimum Gasteiger partial charge on any atom is -0.389 e. The monoisotopic (exact) mass is 589 g/mol. The quantitative estimate of drug-likeness (QED) is 0.231. The maximum Gasteiger partial charge on any atom is 0.348 e. The lowest BCUT2D eigenvalue weighted by Crippen LogP contribution is -2.49. The molecule has 0 unspecified atom stereocenters. The molecule has 41 heavy (non-hydrogen) atoms. The third-order valence-corrected chi connectivity index (χ3v) is 8.45. The molecule has 2 amide bonds. The molecular formula is C30H28ClN5O4S. The first-order chi connectivity index (χ1) is 19.5. The van der Waals surface area contributed by atoms with Gasteiger partial charge in [0.15, 0.2) is 0 Å². The van der Waals surface area contributed by atoms with E-state index in [0.29, 0.717) is 39.6 Å². The maximum atomic E-state index is 13.2. The summed E-state index contributed by atoms with van der Waals surface area (Å²) in [4.78, 5) is 50.1. The molecule has 0 bridgehead atoms. The number of carbonyl (C=O) groups is 2. The van der Waals surface area contributed by atoms with Crippen molar-refractivity contribution in [3.63, 3.8) is 0 Å². The van der Waals surface area contributed by atoms with Crippen LogP contribution in [0.2, 0.25) is 5.02 Å². The summed E-state index contributed by atoms with van der Waals surface area (Å²) >= 11 is 7.77. The number of halogens is 1. The molecule has 210 valence electrons. The van der Waals surface area contributed by atoms with Crippen molar-refractivity contribution in [2.24, 2.45) is 0 Å². The molecule has 0 spiro atoms. The molecule has 3 aromatic heterocycles. The third kappa shape index (κ3) is 5.79. The van der Waals surface area contributed by atoms with E-state index in [2.05, 4.69) is 20.6 Å². The first-order valence-corrected chi connectivity index (χ1v) is 14.1. The normalized spacial score (nSPS) is 11.5. The fourth-order valence-corrected chi connectivity index (χ4v) is 5.99. The number of hydrogen-bond donors (Lipinski definition) is 2. The topological polar surface area (TPSA) is 117 Å². The number of likely N-dealkylation sites (N-methyl/N-ethyl adjacent to an activating group) is 1. The number of hydrogen-bond acceptors (Lipinski definition) is 8. The summed E-state index contributed by atoms with van der Waals surface area (Å²) in [6.07, 6.45) is 2.32. The Hall–Kier alpha value is -4.28. The zero-order valence-electron chi connectivity index (χ0n) is 22.9. The number of nitrogens with zero attached hydrogens (tertiary/aromatic N) is 3. The highest BCUT2D eigenvalue weighted by molar-refractivity contribution is 7.21. The van der Waals surface area contributed by atoms with Gasteiger partial charge >= 0.3 is 5.63 Å². The minimum atomic E-state index is -1.11. The Kier molecular flexibility index (Phi) is 7.79. The number of anilines is 2. The van der Waals surface area contributed by atoms with Gasteiger partial charge in [-0.3, -0.25) is 14.6 Å². The van der Waals surface area contributed by atoms with Gasteiger partial charge in [0.2, 0.25) is 5.91 Å².